The average Bonchev–Trinajstić information content (AvgIpc) is 2.32. The minimum atomic E-state index is 0.570. The van der Waals surface area contributed by atoms with Crippen LogP contribution >= 0.6 is 27.5 Å². The Morgan fingerprint density at radius 3 is 3.11 bits per heavy atom. The van der Waals surface area contributed by atoms with E-state index in [9.17, 15) is 0 Å². The summed E-state index contributed by atoms with van der Waals surface area (Å²) in [7, 11) is 0. The van der Waals surface area contributed by atoms with Crippen molar-refractivity contribution in [2.45, 2.75) is 13.0 Å². The van der Waals surface area contributed by atoms with Crippen molar-refractivity contribution in [3.8, 4) is 5.75 Å². The lowest BCUT2D eigenvalue weighted by Crippen LogP contribution is -2.50. The highest BCUT2D eigenvalue weighted by atomic mass is 79.9. The van der Waals surface area contributed by atoms with Gasteiger partial charge in [0.1, 0.15) is 12.4 Å². The van der Waals surface area contributed by atoms with E-state index in [1.807, 2.05) is 18.2 Å². The maximum atomic E-state index is 5.89. The van der Waals surface area contributed by atoms with Gasteiger partial charge in [-0.3, -0.25) is 4.90 Å². The minimum absolute atomic E-state index is 0.570. The molecule has 0 amide bonds. The lowest BCUT2D eigenvalue weighted by molar-refractivity contribution is 0.170. The van der Waals surface area contributed by atoms with Crippen molar-refractivity contribution >= 4 is 27.5 Å². The number of ether oxygens (including phenoxy) is 1. The van der Waals surface area contributed by atoms with Crippen molar-refractivity contribution in [2.24, 2.45) is 0 Å². The molecule has 1 fully saturated rings. The van der Waals surface area contributed by atoms with Gasteiger partial charge in [0.15, 0.2) is 0 Å². The molecular weight excluding hydrogens is 316 g/mol. The smallest absolute Gasteiger partial charge is 0.133 e. The summed E-state index contributed by atoms with van der Waals surface area (Å²) in [4.78, 5) is 2.42. The molecular formula is C13H18BrClN2O. The highest BCUT2D eigenvalue weighted by Gasteiger charge is 2.15. The molecule has 5 heteroatoms. The normalized spacial score (nSPS) is 20.9. The fourth-order valence-electron chi connectivity index (χ4n) is 2.09. The van der Waals surface area contributed by atoms with Gasteiger partial charge in [-0.2, -0.15) is 0 Å². The van der Waals surface area contributed by atoms with Crippen molar-refractivity contribution in [1.29, 1.82) is 0 Å². The molecule has 1 aromatic carbocycles. The molecule has 0 saturated carbocycles. The summed E-state index contributed by atoms with van der Waals surface area (Å²) in [5, 5.41) is 4.14. The Hall–Kier alpha value is -0.290. The Labute approximate surface area is 122 Å². The first-order valence-electron chi connectivity index (χ1n) is 6.19. The van der Waals surface area contributed by atoms with Crippen LogP contribution in [0.3, 0.4) is 0 Å². The molecule has 2 rings (SSSR count). The van der Waals surface area contributed by atoms with Crippen molar-refractivity contribution in [3.05, 3.63) is 27.7 Å². The Bertz CT molecular complexity index is 403. The van der Waals surface area contributed by atoms with Crippen molar-refractivity contribution in [3.63, 3.8) is 0 Å². The molecule has 0 unspecified atom stereocenters. The molecule has 3 nitrogen and oxygen atoms in total. The summed E-state index contributed by atoms with van der Waals surface area (Å²) in [5.41, 5.74) is 0. The van der Waals surface area contributed by atoms with Crippen LogP contribution in [0.1, 0.15) is 6.92 Å². The number of hydrogen-bond acceptors (Lipinski definition) is 3. The van der Waals surface area contributed by atoms with Gasteiger partial charge in [-0.05, 0) is 41.1 Å². The summed E-state index contributed by atoms with van der Waals surface area (Å²) < 4.78 is 6.67. The monoisotopic (exact) mass is 332 g/mol. The molecule has 0 aromatic heterocycles. The third-order valence-corrected chi connectivity index (χ3v) is 3.87. The third-order valence-electron chi connectivity index (χ3n) is 3.01. The van der Waals surface area contributed by atoms with E-state index in [4.69, 9.17) is 16.3 Å². The van der Waals surface area contributed by atoms with E-state index >= 15 is 0 Å². The summed E-state index contributed by atoms with van der Waals surface area (Å²) in [6.07, 6.45) is 0. The van der Waals surface area contributed by atoms with Crippen molar-refractivity contribution in [2.75, 3.05) is 32.8 Å². The highest BCUT2D eigenvalue weighted by molar-refractivity contribution is 9.10. The molecule has 100 valence electrons. The van der Waals surface area contributed by atoms with Gasteiger partial charge in [0.05, 0.1) is 4.47 Å². The molecule has 1 atom stereocenters. The second-order valence-corrected chi connectivity index (χ2v) is 5.87. The first-order valence-corrected chi connectivity index (χ1v) is 7.36. The molecule has 0 spiro atoms. The van der Waals surface area contributed by atoms with Crippen LogP contribution in [0.4, 0.5) is 0 Å². The van der Waals surface area contributed by atoms with E-state index in [1.165, 1.54) is 0 Å². The van der Waals surface area contributed by atoms with E-state index in [-0.39, 0.29) is 0 Å². The summed E-state index contributed by atoms with van der Waals surface area (Å²) in [5.74, 6) is 0.850. The van der Waals surface area contributed by atoms with E-state index < -0.39 is 0 Å². The summed E-state index contributed by atoms with van der Waals surface area (Å²) in [6, 6.07) is 6.16. The largest absolute Gasteiger partial charge is 0.491 e. The van der Waals surface area contributed by atoms with Crippen molar-refractivity contribution in [1.82, 2.24) is 10.2 Å². The predicted octanol–water partition coefficient (Wildman–Crippen LogP) is 2.78. The number of nitrogens with zero attached hydrogens (tertiary/aromatic N) is 1. The minimum Gasteiger partial charge on any atom is -0.491 e. The van der Waals surface area contributed by atoms with E-state index in [0.717, 1.165) is 36.4 Å². The molecule has 1 N–H and O–H groups in total. The Morgan fingerprint density at radius 1 is 1.56 bits per heavy atom. The predicted molar refractivity (Wildman–Crippen MR) is 78.6 cm³/mol. The van der Waals surface area contributed by atoms with Gasteiger partial charge in [-0.25, -0.2) is 0 Å². The number of piperazine rings is 1. The van der Waals surface area contributed by atoms with Crippen LogP contribution in [-0.4, -0.2) is 43.7 Å². The molecule has 0 bridgehead atoms. The van der Waals surface area contributed by atoms with Crippen LogP contribution in [0.15, 0.2) is 22.7 Å². The van der Waals surface area contributed by atoms with Crippen LogP contribution < -0.4 is 10.1 Å². The van der Waals surface area contributed by atoms with Gasteiger partial charge in [-0.1, -0.05) is 11.6 Å². The van der Waals surface area contributed by atoms with E-state index in [2.05, 4.69) is 33.1 Å². The summed E-state index contributed by atoms with van der Waals surface area (Å²) >= 11 is 9.34. The third kappa shape index (κ3) is 4.12. The molecule has 1 saturated heterocycles. The molecule has 1 aromatic rings. The second kappa shape index (κ2) is 6.75. The standard InChI is InChI=1S/C13H18BrClN2O/c1-10-9-17(5-4-16-10)6-7-18-13-3-2-11(15)8-12(13)14/h2-3,8,10,16H,4-7,9H2,1H3/t10-/m0/s1. The molecule has 0 aliphatic carbocycles. The second-order valence-electron chi connectivity index (χ2n) is 4.58. The number of hydrogen-bond donors (Lipinski definition) is 1. The van der Waals surface area contributed by atoms with Gasteiger partial charge < -0.3 is 10.1 Å². The molecule has 18 heavy (non-hydrogen) atoms. The van der Waals surface area contributed by atoms with Crippen LogP contribution in [0.2, 0.25) is 5.02 Å². The fraction of sp³-hybridized carbons (Fsp3) is 0.538. The SMILES string of the molecule is C[C@H]1CN(CCOc2ccc(Cl)cc2Br)CCN1. The maximum absolute atomic E-state index is 5.89. The zero-order chi connectivity index (χ0) is 13.0. The lowest BCUT2D eigenvalue weighted by atomic mass is 10.2. The summed E-state index contributed by atoms with van der Waals surface area (Å²) in [6.45, 7) is 7.11. The van der Waals surface area contributed by atoms with Crippen LogP contribution in [0, 0.1) is 0 Å². The van der Waals surface area contributed by atoms with Crippen LogP contribution in [0.5, 0.6) is 5.75 Å². The van der Waals surface area contributed by atoms with Gasteiger partial charge in [0.2, 0.25) is 0 Å². The molecule has 0 radical (unpaired) electrons. The first-order chi connectivity index (χ1) is 8.65. The van der Waals surface area contributed by atoms with E-state index in [1.54, 1.807) is 0 Å². The van der Waals surface area contributed by atoms with Crippen LogP contribution in [-0.2, 0) is 0 Å². The van der Waals surface area contributed by atoms with E-state index in [0.29, 0.717) is 17.7 Å². The lowest BCUT2D eigenvalue weighted by Gasteiger charge is -2.31. The maximum Gasteiger partial charge on any atom is 0.133 e. The number of halogens is 2. The topological polar surface area (TPSA) is 24.5 Å². The Morgan fingerprint density at radius 2 is 2.39 bits per heavy atom. The zero-order valence-electron chi connectivity index (χ0n) is 10.5. The molecule has 1 heterocycles. The number of nitrogens with one attached hydrogen (secondary N) is 1. The van der Waals surface area contributed by atoms with Gasteiger partial charge in [0.25, 0.3) is 0 Å². The quantitative estimate of drug-likeness (QED) is 0.917. The number of benzene rings is 1. The average molecular weight is 334 g/mol. The molecule has 1 aliphatic heterocycles. The van der Waals surface area contributed by atoms with Crippen molar-refractivity contribution < 1.29 is 4.74 Å². The molecule has 1 aliphatic rings. The Balaban J connectivity index is 1.77. The van der Waals surface area contributed by atoms with Crippen LogP contribution in [0.25, 0.3) is 0 Å². The number of rotatable bonds is 4. The highest BCUT2D eigenvalue weighted by Crippen LogP contribution is 2.27. The fourth-order valence-corrected chi connectivity index (χ4v) is 2.89. The van der Waals surface area contributed by atoms with Gasteiger partial charge in [0, 0.05) is 37.2 Å². The van der Waals surface area contributed by atoms with Gasteiger partial charge >= 0.3 is 0 Å². The Kier molecular flexibility index (Phi) is 5.30. The zero-order valence-corrected chi connectivity index (χ0v) is 12.8. The first kappa shape index (κ1) is 14.1. The van der Waals surface area contributed by atoms with Gasteiger partial charge in [-0.15, -0.1) is 0 Å².